The maximum absolute atomic E-state index is 15.1. The van der Waals surface area contributed by atoms with E-state index in [9.17, 15) is 22.4 Å². The Labute approximate surface area is 188 Å². The SMILES string of the molecule is Cc1cc(NC(=O)c2c(F)c(S(=O)(=O)N[C@H]3CN(C(=O)O)C[C@H]3CS)cn2C)ccc1F. The van der Waals surface area contributed by atoms with E-state index in [2.05, 4.69) is 22.7 Å². The Morgan fingerprint density at radius 2 is 1.97 bits per heavy atom. The summed E-state index contributed by atoms with van der Waals surface area (Å²) in [6.45, 7) is 1.48. The smallest absolute Gasteiger partial charge is 0.407 e. The minimum absolute atomic E-state index is 0.0913. The van der Waals surface area contributed by atoms with E-state index in [0.717, 1.165) is 21.7 Å². The Balaban J connectivity index is 1.84. The van der Waals surface area contributed by atoms with Crippen LogP contribution in [0.1, 0.15) is 16.1 Å². The number of thiol groups is 1. The zero-order chi connectivity index (χ0) is 23.8. The van der Waals surface area contributed by atoms with Crippen LogP contribution in [-0.2, 0) is 17.1 Å². The number of carboxylic acid groups (broad SMARTS) is 1. The highest BCUT2D eigenvalue weighted by molar-refractivity contribution is 7.89. The average Bonchev–Trinajstić information content (AvgIpc) is 3.24. The molecule has 0 spiro atoms. The third-order valence-electron chi connectivity index (χ3n) is 5.26. The number of hydrogen-bond donors (Lipinski definition) is 4. The van der Waals surface area contributed by atoms with E-state index in [0.29, 0.717) is 0 Å². The normalized spacial score (nSPS) is 18.7. The third kappa shape index (κ3) is 4.74. The Morgan fingerprint density at radius 1 is 1.28 bits per heavy atom. The molecule has 174 valence electrons. The van der Waals surface area contributed by atoms with Crippen molar-refractivity contribution in [1.29, 1.82) is 0 Å². The Kier molecular flexibility index (Phi) is 6.81. The number of nitrogens with zero attached hydrogens (tertiary/aromatic N) is 2. The van der Waals surface area contributed by atoms with Gasteiger partial charge in [-0.05, 0) is 36.4 Å². The summed E-state index contributed by atoms with van der Waals surface area (Å²) < 4.78 is 57.5. The number of rotatable bonds is 6. The first-order valence-electron chi connectivity index (χ1n) is 9.48. The van der Waals surface area contributed by atoms with E-state index in [1.807, 2.05) is 0 Å². The number of halogens is 2. The van der Waals surface area contributed by atoms with Crippen molar-refractivity contribution in [3.63, 3.8) is 0 Å². The van der Waals surface area contributed by atoms with Gasteiger partial charge in [-0.2, -0.15) is 12.6 Å². The van der Waals surface area contributed by atoms with Gasteiger partial charge in [0.2, 0.25) is 10.0 Å². The number of benzene rings is 1. The third-order valence-corrected chi connectivity index (χ3v) is 7.21. The molecule has 2 aromatic rings. The van der Waals surface area contributed by atoms with Crippen molar-refractivity contribution in [3.8, 4) is 0 Å². The zero-order valence-corrected chi connectivity index (χ0v) is 18.9. The van der Waals surface area contributed by atoms with Crippen LogP contribution in [0.5, 0.6) is 0 Å². The van der Waals surface area contributed by atoms with E-state index in [1.165, 1.54) is 26.1 Å². The van der Waals surface area contributed by atoms with Crippen molar-refractivity contribution in [2.75, 3.05) is 24.2 Å². The van der Waals surface area contributed by atoms with Crippen LogP contribution < -0.4 is 10.0 Å². The van der Waals surface area contributed by atoms with Gasteiger partial charge in [0.05, 0.1) is 0 Å². The van der Waals surface area contributed by atoms with Crippen LogP contribution in [0.3, 0.4) is 0 Å². The minimum atomic E-state index is -4.42. The van der Waals surface area contributed by atoms with Gasteiger partial charge in [0.25, 0.3) is 5.91 Å². The summed E-state index contributed by atoms with van der Waals surface area (Å²) in [6.07, 6.45) is -0.235. The molecule has 9 nitrogen and oxygen atoms in total. The molecule has 0 aliphatic carbocycles. The van der Waals surface area contributed by atoms with E-state index < -0.39 is 56.2 Å². The second kappa shape index (κ2) is 9.08. The van der Waals surface area contributed by atoms with E-state index in [1.54, 1.807) is 0 Å². The summed E-state index contributed by atoms with van der Waals surface area (Å²) in [4.78, 5) is 24.1. The first-order chi connectivity index (χ1) is 14.9. The molecule has 0 bridgehead atoms. The van der Waals surface area contributed by atoms with Gasteiger partial charge in [-0.15, -0.1) is 0 Å². The lowest BCUT2D eigenvalue weighted by Crippen LogP contribution is -2.41. The molecular formula is C19H22F2N4O5S2. The summed E-state index contributed by atoms with van der Waals surface area (Å²) in [6, 6.07) is 3.00. The topological polar surface area (TPSA) is 121 Å². The molecule has 0 unspecified atom stereocenters. The van der Waals surface area contributed by atoms with Gasteiger partial charge in [-0.1, -0.05) is 0 Å². The van der Waals surface area contributed by atoms with Crippen molar-refractivity contribution >= 4 is 40.3 Å². The molecule has 2 atom stereocenters. The highest BCUT2D eigenvalue weighted by Gasteiger charge is 2.38. The second-order valence-electron chi connectivity index (χ2n) is 7.54. The molecule has 1 fully saturated rings. The predicted molar refractivity (Wildman–Crippen MR) is 116 cm³/mol. The van der Waals surface area contributed by atoms with Gasteiger partial charge in [0.15, 0.2) is 5.82 Å². The fourth-order valence-corrected chi connectivity index (χ4v) is 5.33. The monoisotopic (exact) mass is 488 g/mol. The Morgan fingerprint density at radius 3 is 2.56 bits per heavy atom. The standard InChI is InChI=1S/C19H22F2N4O5S2/c1-10-5-12(3-4-13(10)20)22-18(26)17-16(21)15(8-24(17)2)32(29,30)23-14-7-25(19(27)28)6-11(14)9-31/h3-5,8,11,14,23,31H,6-7,9H2,1-2H3,(H,22,26)(H,27,28)/t11-,14-/m0/s1. The number of aryl methyl sites for hydroxylation is 2. The van der Waals surface area contributed by atoms with Crippen LogP contribution in [-0.4, -0.2) is 59.9 Å². The quantitative estimate of drug-likeness (QED) is 0.464. The molecular weight excluding hydrogens is 466 g/mol. The number of hydrogen-bond acceptors (Lipinski definition) is 5. The number of carbonyl (C=O) groups excluding carboxylic acids is 1. The molecule has 0 radical (unpaired) electrons. The Hall–Kier alpha value is -2.64. The minimum Gasteiger partial charge on any atom is -0.465 e. The number of carbonyl (C=O) groups is 2. The lowest BCUT2D eigenvalue weighted by molar-refractivity contribution is 0.101. The summed E-state index contributed by atoms with van der Waals surface area (Å²) in [5.74, 6) is -2.82. The Bertz CT molecular complexity index is 1170. The first kappa shape index (κ1) is 24.0. The number of sulfonamides is 1. The van der Waals surface area contributed by atoms with Crippen LogP contribution in [0.2, 0.25) is 0 Å². The molecule has 1 aromatic heterocycles. The predicted octanol–water partition coefficient (Wildman–Crippen LogP) is 2.05. The second-order valence-corrected chi connectivity index (χ2v) is 9.59. The first-order valence-corrected chi connectivity index (χ1v) is 11.6. The summed E-state index contributed by atoms with van der Waals surface area (Å²) >= 11 is 4.14. The fraction of sp³-hybridized carbons (Fsp3) is 0.368. The molecule has 1 saturated heterocycles. The maximum atomic E-state index is 15.1. The maximum Gasteiger partial charge on any atom is 0.407 e. The number of nitrogens with one attached hydrogen (secondary N) is 2. The van der Waals surface area contributed by atoms with Gasteiger partial charge in [0, 0.05) is 44.0 Å². The molecule has 3 rings (SSSR count). The van der Waals surface area contributed by atoms with Gasteiger partial charge in [-0.3, -0.25) is 4.79 Å². The van der Waals surface area contributed by atoms with Crippen LogP contribution in [0.25, 0.3) is 0 Å². The molecule has 2 amide bonds. The highest BCUT2D eigenvalue weighted by Crippen LogP contribution is 2.25. The van der Waals surface area contributed by atoms with E-state index in [4.69, 9.17) is 5.11 Å². The number of aromatic nitrogens is 1. The van der Waals surface area contributed by atoms with Crippen LogP contribution in [0.15, 0.2) is 29.3 Å². The van der Waals surface area contributed by atoms with Gasteiger partial charge in [0.1, 0.15) is 16.4 Å². The number of likely N-dealkylation sites (tertiary alicyclic amines) is 1. The zero-order valence-electron chi connectivity index (χ0n) is 17.2. The van der Waals surface area contributed by atoms with E-state index in [-0.39, 0.29) is 30.1 Å². The number of anilines is 1. The van der Waals surface area contributed by atoms with Crippen molar-refractivity contribution in [2.45, 2.75) is 17.9 Å². The molecule has 0 saturated carbocycles. The summed E-state index contributed by atoms with van der Waals surface area (Å²) in [5, 5.41) is 11.6. The van der Waals surface area contributed by atoms with Gasteiger partial charge in [-0.25, -0.2) is 26.7 Å². The number of amides is 2. The molecule has 32 heavy (non-hydrogen) atoms. The van der Waals surface area contributed by atoms with Gasteiger partial charge < -0.3 is 19.9 Å². The highest BCUT2D eigenvalue weighted by atomic mass is 32.2. The summed E-state index contributed by atoms with van der Waals surface area (Å²) in [5.41, 5.74) is -0.0432. The lowest BCUT2D eigenvalue weighted by Gasteiger charge is -2.17. The van der Waals surface area contributed by atoms with Crippen molar-refractivity contribution < 1.29 is 31.9 Å². The molecule has 1 aliphatic rings. The molecule has 1 aromatic carbocycles. The van der Waals surface area contributed by atoms with Crippen molar-refractivity contribution in [2.24, 2.45) is 13.0 Å². The van der Waals surface area contributed by atoms with Crippen LogP contribution in [0.4, 0.5) is 19.3 Å². The van der Waals surface area contributed by atoms with Crippen molar-refractivity contribution in [3.05, 3.63) is 47.3 Å². The lowest BCUT2D eigenvalue weighted by atomic mass is 10.1. The largest absolute Gasteiger partial charge is 0.465 e. The van der Waals surface area contributed by atoms with E-state index >= 15 is 4.39 Å². The molecule has 13 heteroatoms. The van der Waals surface area contributed by atoms with Crippen molar-refractivity contribution in [1.82, 2.24) is 14.2 Å². The average molecular weight is 489 g/mol. The molecule has 2 heterocycles. The molecule has 1 aliphatic heterocycles. The summed E-state index contributed by atoms with van der Waals surface area (Å²) in [7, 11) is -3.11. The van der Waals surface area contributed by atoms with Crippen LogP contribution >= 0.6 is 12.6 Å². The van der Waals surface area contributed by atoms with Crippen LogP contribution in [0, 0.1) is 24.5 Å². The van der Waals surface area contributed by atoms with Gasteiger partial charge >= 0.3 is 6.09 Å². The fourth-order valence-electron chi connectivity index (χ4n) is 3.54. The molecule has 3 N–H and O–H groups in total.